The number of benzodiazepines with no additional fused rings is 1. The molecule has 3 rings (SSSR count). The Kier molecular flexibility index (Phi) is 4.15. The molecule has 1 amide bonds. The van der Waals surface area contributed by atoms with Crippen LogP contribution in [0.25, 0.3) is 0 Å². The fourth-order valence-electron chi connectivity index (χ4n) is 2.50. The van der Waals surface area contributed by atoms with Crippen LogP contribution in [0.15, 0.2) is 51.9 Å². The lowest BCUT2D eigenvalue weighted by atomic mass is 9.99. The summed E-state index contributed by atoms with van der Waals surface area (Å²) in [6.07, 6.45) is -2.08. The molecule has 24 heavy (non-hydrogen) atoms. The molecule has 1 heterocycles. The van der Waals surface area contributed by atoms with Crippen molar-refractivity contribution >= 4 is 38.9 Å². The molecule has 1 unspecified atom stereocenters. The zero-order chi connectivity index (χ0) is 17.4. The minimum absolute atomic E-state index is 0.160. The van der Waals surface area contributed by atoms with E-state index in [1.54, 1.807) is 24.3 Å². The topological polar surface area (TPSA) is 75.8 Å². The van der Waals surface area contributed by atoms with Crippen molar-refractivity contribution in [2.45, 2.75) is 6.30 Å². The monoisotopic (exact) mass is 391 g/mol. The molecule has 0 bridgehead atoms. The van der Waals surface area contributed by atoms with Crippen LogP contribution in [-0.2, 0) is 4.79 Å². The average molecular weight is 392 g/mol. The molecule has 1 atom stereocenters. The molecule has 0 fully saturated rings. The molecule has 0 spiro atoms. The Labute approximate surface area is 144 Å². The molecule has 1 aliphatic heterocycles. The molecule has 6 nitrogen and oxygen atoms in total. The van der Waals surface area contributed by atoms with Crippen LogP contribution >= 0.6 is 15.9 Å². The number of hydrogen-bond acceptors (Lipinski definition) is 4. The van der Waals surface area contributed by atoms with Gasteiger partial charge in [-0.2, -0.15) is 0 Å². The number of carbonyl (C=O) groups is 1. The highest BCUT2D eigenvalue weighted by molar-refractivity contribution is 9.10. The first kappa shape index (κ1) is 16.3. The van der Waals surface area contributed by atoms with E-state index in [0.29, 0.717) is 21.3 Å². The van der Waals surface area contributed by atoms with Gasteiger partial charge in [-0.25, -0.2) is 9.38 Å². The SMILES string of the molecule is CN1C(=O)C(F)N=C(c2ccccc2Br)c2cc([N+](=O)[O-])ccc21. The van der Waals surface area contributed by atoms with Gasteiger partial charge in [-0.3, -0.25) is 14.9 Å². The van der Waals surface area contributed by atoms with Crippen molar-refractivity contribution in [2.75, 3.05) is 11.9 Å². The van der Waals surface area contributed by atoms with Crippen LogP contribution in [0.3, 0.4) is 0 Å². The molecular formula is C16H11BrFN3O3. The highest BCUT2D eigenvalue weighted by Gasteiger charge is 2.31. The summed E-state index contributed by atoms with van der Waals surface area (Å²) in [4.78, 5) is 27.6. The van der Waals surface area contributed by atoms with Crippen LogP contribution in [0.4, 0.5) is 15.8 Å². The average Bonchev–Trinajstić information content (AvgIpc) is 2.66. The van der Waals surface area contributed by atoms with Gasteiger partial charge in [-0.05, 0) is 12.1 Å². The van der Waals surface area contributed by atoms with Crippen LogP contribution in [0, 0.1) is 10.1 Å². The number of non-ortho nitro benzene ring substituents is 1. The summed E-state index contributed by atoms with van der Waals surface area (Å²) in [6, 6.07) is 11.0. The molecule has 0 saturated heterocycles. The smallest absolute Gasteiger partial charge is 0.284 e. The van der Waals surface area contributed by atoms with E-state index in [0.717, 1.165) is 4.90 Å². The van der Waals surface area contributed by atoms with Gasteiger partial charge in [-0.15, -0.1) is 0 Å². The number of nitro groups is 1. The molecule has 2 aromatic carbocycles. The Morgan fingerprint density at radius 1 is 1.25 bits per heavy atom. The normalized spacial score (nSPS) is 17.1. The Morgan fingerprint density at radius 3 is 2.62 bits per heavy atom. The van der Waals surface area contributed by atoms with Crippen LogP contribution < -0.4 is 4.90 Å². The third-order valence-corrected chi connectivity index (χ3v) is 4.40. The van der Waals surface area contributed by atoms with E-state index in [2.05, 4.69) is 20.9 Å². The van der Waals surface area contributed by atoms with Gasteiger partial charge in [-0.1, -0.05) is 34.1 Å². The molecule has 0 N–H and O–H groups in total. The van der Waals surface area contributed by atoms with Crippen LogP contribution in [-0.4, -0.2) is 29.9 Å². The highest BCUT2D eigenvalue weighted by atomic mass is 79.9. The van der Waals surface area contributed by atoms with E-state index in [4.69, 9.17) is 0 Å². The molecule has 0 aromatic heterocycles. The molecule has 0 aliphatic carbocycles. The van der Waals surface area contributed by atoms with Gasteiger partial charge in [0.1, 0.15) is 0 Å². The quantitative estimate of drug-likeness (QED) is 0.446. The minimum Gasteiger partial charge on any atom is -0.311 e. The number of amides is 1. The first-order chi connectivity index (χ1) is 11.4. The number of nitro benzene ring substituents is 1. The van der Waals surface area contributed by atoms with Crippen molar-refractivity contribution in [1.82, 2.24) is 0 Å². The Morgan fingerprint density at radius 2 is 1.96 bits per heavy atom. The zero-order valence-corrected chi connectivity index (χ0v) is 14.0. The number of fused-ring (bicyclic) bond motifs is 1. The summed E-state index contributed by atoms with van der Waals surface area (Å²) in [6.45, 7) is 0. The summed E-state index contributed by atoms with van der Waals surface area (Å²) < 4.78 is 14.9. The summed E-state index contributed by atoms with van der Waals surface area (Å²) >= 11 is 3.37. The predicted molar refractivity (Wildman–Crippen MR) is 91.2 cm³/mol. The number of nitrogens with zero attached hydrogens (tertiary/aromatic N) is 3. The van der Waals surface area contributed by atoms with Gasteiger partial charge in [0.15, 0.2) is 0 Å². The Hall–Kier alpha value is -2.61. The maximum Gasteiger partial charge on any atom is 0.284 e. The fourth-order valence-corrected chi connectivity index (χ4v) is 2.98. The lowest BCUT2D eigenvalue weighted by Crippen LogP contribution is -2.32. The van der Waals surface area contributed by atoms with Crippen LogP contribution in [0.1, 0.15) is 11.1 Å². The number of halogens is 2. The number of alkyl halides is 1. The fraction of sp³-hybridized carbons (Fsp3) is 0.125. The summed E-state index contributed by atoms with van der Waals surface area (Å²) in [5.74, 6) is -0.827. The lowest BCUT2D eigenvalue weighted by Gasteiger charge is -2.18. The number of hydrogen-bond donors (Lipinski definition) is 0. The zero-order valence-electron chi connectivity index (χ0n) is 12.4. The van der Waals surface area contributed by atoms with Gasteiger partial charge in [0.25, 0.3) is 17.9 Å². The summed E-state index contributed by atoms with van der Waals surface area (Å²) in [5, 5.41) is 11.1. The lowest BCUT2D eigenvalue weighted by molar-refractivity contribution is -0.384. The number of rotatable bonds is 2. The summed E-state index contributed by atoms with van der Waals surface area (Å²) in [5.41, 5.74) is 1.26. The second kappa shape index (κ2) is 6.12. The third kappa shape index (κ3) is 2.69. The van der Waals surface area contributed by atoms with Crippen LogP contribution in [0.2, 0.25) is 0 Å². The van der Waals surface area contributed by atoms with Gasteiger partial charge in [0.05, 0.1) is 16.3 Å². The minimum atomic E-state index is -2.08. The van der Waals surface area contributed by atoms with E-state index in [1.807, 2.05) is 0 Å². The summed E-state index contributed by atoms with van der Waals surface area (Å²) in [7, 11) is 1.41. The van der Waals surface area contributed by atoms with Gasteiger partial charge in [0.2, 0.25) is 0 Å². The predicted octanol–water partition coefficient (Wildman–Crippen LogP) is 3.47. The first-order valence-electron chi connectivity index (χ1n) is 6.93. The van der Waals surface area contributed by atoms with Crippen molar-refractivity contribution in [3.63, 3.8) is 0 Å². The largest absolute Gasteiger partial charge is 0.311 e. The highest BCUT2D eigenvalue weighted by Crippen LogP contribution is 2.32. The van der Waals surface area contributed by atoms with E-state index in [9.17, 15) is 19.3 Å². The second-order valence-corrected chi connectivity index (χ2v) is 6.00. The number of anilines is 1. The number of aliphatic imine (C=N–C) groups is 1. The molecule has 1 aliphatic rings. The maximum absolute atomic E-state index is 14.3. The molecule has 2 aromatic rings. The maximum atomic E-state index is 14.3. The molecule has 8 heteroatoms. The van der Waals surface area contributed by atoms with Crippen molar-refractivity contribution in [3.8, 4) is 0 Å². The van der Waals surface area contributed by atoms with Crippen molar-refractivity contribution in [3.05, 3.63) is 68.2 Å². The van der Waals surface area contributed by atoms with Gasteiger partial charge < -0.3 is 4.90 Å². The van der Waals surface area contributed by atoms with Crippen molar-refractivity contribution in [1.29, 1.82) is 0 Å². The van der Waals surface area contributed by atoms with E-state index < -0.39 is 17.1 Å². The third-order valence-electron chi connectivity index (χ3n) is 3.71. The Bertz CT molecular complexity index is 885. The number of benzene rings is 2. The van der Waals surface area contributed by atoms with Crippen LogP contribution in [0.5, 0.6) is 0 Å². The van der Waals surface area contributed by atoms with E-state index >= 15 is 0 Å². The first-order valence-corrected chi connectivity index (χ1v) is 7.72. The molecule has 0 saturated carbocycles. The van der Waals surface area contributed by atoms with Gasteiger partial charge >= 0.3 is 0 Å². The standard InChI is InChI=1S/C16H11BrFN3O3/c1-20-13-7-6-9(21(23)24)8-11(13)14(19-15(18)16(20)22)10-4-2-3-5-12(10)17/h2-8,15H,1H3. The van der Waals surface area contributed by atoms with E-state index in [-0.39, 0.29) is 11.4 Å². The number of carbonyl (C=O) groups excluding carboxylic acids is 1. The number of likely N-dealkylation sites (N-methyl/N-ethyl adjacent to an activating group) is 1. The molecule has 0 radical (unpaired) electrons. The van der Waals surface area contributed by atoms with E-state index in [1.165, 1.54) is 25.2 Å². The van der Waals surface area contributed by atoms with Crippen molar-refractivity contribution < 1.29 is 14.1 Å². The molecular weight excluding hydrogens is 381 g/mol. The van der Waals surface area contributed by atoms with Gasteiger partial charge in [0, 0.05) is 34.8 Å². The molecule has 122 valence electrons. The second-order valence-electron chi connectivity index (χ2n) is 5.15. The Balaban J connectivity index is 2.32. The van der Waals surface area contributed by atoms with Crippen molar-refractivity contribution in [2.24, 2.45) is 4.99 Å².